The van der Waals surface area contributed by atoms with Crippen molar-refractivity contribution < 1.29 is 14.7 Å². The van der Waals surface area contributed by atoms with Crippen molar-refractivity contribution in [3.05, 3.63) is 17.0 Å². The van der Waals surface area contributed by atoms with Gasteiger partial charge in [-0.15, -0.1) is 11.3 Å². The van der Waals surface area contributed by atoms with Gasteiger partial charge in [0.2, 0.25) is 5.91 Å². The Morgan fingerprint density at radius 3 is 2.80 bits per heavy atom. The smallest absolute Gasteiger partial charge is 0.264 e. The molecule has 2 fully saturated rings. The van der Waals surface area contributed by atoms with E-state index in [1.807, 2.05) is 0 Å². The van der Waals surface area contributed by atoms with Crippen LogP contribution in [0.5, 0.6) is 0 Å². The van der Waals surface area contributed by atoms with Crippen molar-refractivity contribution in [1.29, 1.82) is 0 Å². The fourth-order valence-corrected chi connectivity index (χ4v) is 3.26. The number of nitrogens with one attached hydrogen (secondary N) is 1. The first-order valence-corrected chi connectivity index (χ1v) is 7.83. The number of carbonyl (C=O) groups excluding carboxylic acids is 2. The summed E-state index contributed by atoms with van der Waals surface area (Å²) in [5.41, 5.74) is 0. The van der Waals surface area contributed by atoms with Gasteiger partial charge in [-0.3, -0.25) is 9.59 Å². The largest absolute Gasteiger partial charge is 0.391 e. The van der Waals surface area contributed by atoms with Crippen LogP contribution in [0.15, 0.2) is 12.1 Å². The van der Waals surface area contributed by atoms with Gasteiger partial charge in [0.15, 0.2) is 0 Å². The number of hydrogen-bond acceptors (Lipinski definition) is 4. The first-order valence-electron chi connectivity index (χ1n) is 7.01. The first-order chi connectivity index (χ1) is 9.63. The lowest BCUT2D eigenvalue weighted by Crippen LogP contribution is -2.41. The number of anilines is 1. The SMILES string of the molecule is O=C(Nc1ccc(C(=O)N2CCCC(O)C2)s1)C1CC1. The Balaban J connectivity index is 1.63. The molecule has 5 nitrogen and oxygen atoms in total. The number of aliphatic hydroxyl groups excluding tert-OH is 1. The van der Waals surface area contributed by atoms with Crippen molar-refractivity contribution in [3.8, 4) is 0 Å². The molecule has 1 saturated carbocycles. The summed E-state index contributed by atoms with van der Waals surface area (Å²) in [4.78, 5) is 26.3. The molecule has 20 heavy (non-hydrogen) atoms. The van der Waals surface area contributed by atoms with E-state index in [1.54, 1.807) is 17.0 Å². The highest BCUT2D eigenvalue weighted by molar-refractivity contribution is 7.18. The van der Waals surface area contributed by atoms with Gasteiger partial charge in [0.25, 0.3) is 5.91 Å². The van der Waals surface area contributed by atoms with Crippen LogP contribution in [-0.4, -0.2) is 41.0 Å². The molecule has 1 saturated heterocycles. The van der Waals surface area contributed by atoms with Gasteiger partial charge in [-0.1, -0.05) is 0 Å². The molecular weight excluding hydrogens is 276 g/mol. The Hall–Kier alpha value is -1.40. The van der Waals surface area contributed by atoms with Gasteiger partial charge in [0, 0.05) is 19.0 Å². The van der Waals surface area contributed by atoms with Crippen LogP contribution in [0.4, 0.5) is 5.00 Å². The Bertz CT molecular complexity index is 524. The zero-order valence-electron chi connectivity index (χ0n) is 11.2. The molecule has 1 aliphatic heterocycles. The second kappa shape index (κ2) is 5.54. The van der Waals surface area contributed by atoms with Gasteiger partial charge >= 0.3 is 0 Å². The fraction of sp³-hybridized carbons (Fsp3) is 0.571. The second-order valence-corrected chi connectivity index (χ2v) is 6.56. The van der Waals surface area contributed by atoms with E-state index in [4.69, 9.17) is 0 Å². The summed E-state index contributed by atoms with van der Waals surface area (Å²) in [5, 5.41) is 13.2. The third kappa shape index (κ3) is 3.02. The molecule has 2 heterocycles. The van der Waals surface area contributed by atoms with E-state index >= 15 is 0 Å². The van der Waals surface area contributed by atoms with Crippen LogP contribution >= 0.6 is 11.3 Å². The molecule has 2 amide bonds. The van der Waals surface area contributed by atoms with Gasteiger partial charge in [0.05, 0.1) is 16.0 Å². The normalized spacial score (nSPS) is 22.6. The number of thiophene rings is 1. The lowest BCUT2D eigenvalue weighted by atomic mass is 10.1. The van der Waals surface area contributed by atoms with E-state index < -0.39 is 6.10 Å². The monoisotopic (exact) mass is 294 g/mol. The fourth-order valence-electron chi connectivity index (χ4n) is 2.38. The minimum atomic E-state index is -0.415. The highest BCUT2D eigenvalue weighted by atomic mass is 32.1. The molecule has 0 aromatic carbocycles. The number of carbonyl (C=O) groups is 2. The van der Waals surface area contributed by atoms with Gasteiger partial charge < -0.3 is 15.3 Å². The van der Waals surface area contributed by atoms with E-state index in [0.29, 0.717) is 18.0 Å². The number of nitrogens with zero attached hydrogens (tertiary/aromatic N) is 1. The van der Waals surface area contributed by atoms with Crippen molar-refractivity contribution in [3.63, 3.8) is 0 Å². The molecule has 1 aliphatic carbocycles. The maximum atomic E-state index is 12.3. The standard InChI is InChI=1S/C14H18N2O3S/c17-10-2-1-7-16(8-10)14(19)11-5-6-12(20-11)15-13(18)9-3-4-9/h5-6,9-10,17H,1-4,7-8H2,(H,15,18). The lowest BCUT2D eigenvalue weighted by molar-refractivity contribution is -0.117. The predicted molar refractivity (Wildman–Crippen MR) is 76.8 cm³/mol. The molecule has 6 heteroatoms. The van der Waals surface area contributed by atoms with Gasteiger partial charge in [0.1, 0.15) is 0 Å². The Kier molecular flexibility index (Phi) is 3.76. The molecular formula is C14H18N2O3S. The maximum absolute atomic E-state index is 12.3. The van der Waals surface area contributed by atoms with E-state index in [0.717, 1.165) is 30.7 Å². The molecule has 108 valence electrons. The second-order valence-electron chi connectivity index (χ2n) is 5.47. The van der Waals surface area contributed by atoms with E-state index in [2.05, 4.69) is 5.32 Å². The molecule has 1 aromatic heterocycles. The van der Waals surface area contributed by atoms with E-state index in [-0.39, 0.29) is 17.7 Å². The molecule has 2 aliphatic rings. The van der Waals surface area contributed by atoms with Crippen LogP contribution < -0.4 is 5.32 Å². The summed E-state index contributed by atoms with van der Waals surface area (Å²) < 4.78 is 0. The van der Waals surface area contributed by atoms with Crippen molar-refractivity contribution in [2.75, 3.05) is 18.4 Å². The Morgan fingerprint density at radius 2 is 2.10 bits per heavy atom. The van der Waals surface area contributed by atoms with Gasteiger partial charge in [-0.25, -0.2) is 0 Å². The third-order valence-corrected chi connectivity index (χ3v) is 4.68. The van der Waals surface area contributed by atoms with Crippen molar-refractivity contribution in [2.24, 2.45) is 5.92 Å². The number of rotatable bonds is 3. The van der Waals surface area contributed by atoms with Crippen LogP contribution in [0.1, 0.15) is 35.4 Å². The minimum absolute atomic E-state index is 0.0549. The number of likely N-dealkylation sites (tertiary alicyclic amines) is 1. The van der Waals surface area contributed by atoms with E-state index in [1.165, 1.54) is 11.3 Å². The average molecular weight is 294 g/mol. The van der Waals surface area contributed by atoms with Crippen LogP contribution in [0.3, 0.4) is 0 Å². The lowest BCUT2D eigenvalue weighted by Gasteiger charge is -2.29. The average Bonchev–Trinajstić information content (AvgIpc) is 3.19. The van der Waals surface area contributed by atoms with Crippen LogP contribution in [0, 0.1) is 5.92 Å². The van der Waals surface area contributed by atoms with Crippen LogP contribution in [0.2, 0.25) is 0 Å². The molecule has 3 rings (SSSR count). The molecule has 1 atom stereocenters. The summed E-state index contributed by atoms with van der Waals surface area (Å²) in [7, 11) is 0. The summed E-state index contributed by atoms with van der Waals surface area (Å²) in [6.07, 6.45) is 3.12. The number of amides is 2. The quantitative estimate of drug-likeness (QED) is 0.891. The Labute approximate surface area is 121 Å². The minimum Gasteiger partial charge on any atom is -0.391 e. The maximum Gasteiger partial charge on any atom is 0.264 e. The number of aliphatic hydroxyl groups is 1. The van der Waals surface area contributed by atoms with Crippen LogP contribution in [-0.2, 0) is 4.79 Å². The van der Waals surface area contributed by atoms with Gasteiger partial charge in [-0.2, -0.15) is 0 Å². The molecule has 0 radical (unpaired) electrons. The van der Waals surface area contributed by atoms with Crippen LogP contribution in [0.25, 0.3) is 0 Å². The zero-order chi connectivity index (χ0) is 14.1. The van der Waals surface area contributed by atoms with Crippen molar-refractivity contribution >= 4 is 28.2 Å². The topological polar surface area (TPSA) is 69.6 Å². The summed E-state index contributed by atoms with van der Waals surface area (Å²) in [6.45, 7) is 1.10. The number of hydrogen-bond donors (Lipinski definition) is 2. The number of β-amino-alcohol motifs (C(OH)–C–C–N with tert-alkyl or cyclic N) is 1. The highest BCUT2D eigenvalue weighted by Gasteiger charge is 2.30. The van der Waals surface area contributed by atoms with E-state index in [9.17, 15) is 14.7 Å². The predicted octanol–water partition coefficient (Wildman–Crippen LogP) is 1.69. The van der Waals surface area contributed by atoms with Crippen molar-refractivity contribution in [2.45, 2.75) is 31.8 Å². The van der Waals surface area contributed by atoms with Crippen molar-refractivity contribution in [1.82, 2.24) is 4.90 Å². The van der Waals surface area contributed by atoms with Gasteiger partial charge in [-0.05, 0) is 37.8 Å². The third-order valence-electron chi connectivity index (χ3n) is 3.70. The number of piperidine rings is 1. The summed E-state index contributed by atoms with van der Waals surface area (Å²) in [6, 6.07) is 3.52. The molecule has 1 aromatic rings. The molecule has 0 spiro atoms. The first kappa shape index (κ1) is 13.6. The molecule has 0 bridgehead atoms. The summed E-state index contributed by atoms with van der Waals surface area (Å²) in [5.74, 6) is 0.161. The summed E-state index contributed by atoms with van der Waals surface area (Å²) >= 11 is 1.30. The highest BCUT2D eigenvalue weighted by Crippen LogP contribution is 2.32. The molecule has 1 unspecified atom stereocenters. The Morgan fingerprint density at radius 1 is 1.30 bits per heavy atom. The zero-order valence-corrected chi connectivity index (χ0v) is 12.0. The molecule has 2 N–H and O–H groups in total.